The molecule has 0 saturated carbocycles. The van der Waals surface area contributed by atoms with Crippen LogP contribution < -0.4 is 0 Å². The van der Waals surface area contributed by atoms with Gasteiger partial charge in [-0.2, -0.15) is 0 Å². The van der Waals surface area contributed by atoms with Crippen LogP contribution in [0.2, 0.25) is 0 Å². The highest BCUT2D eigenvalue weighted by Gasteiger charge is 2.08. The van der Waals surface area contributed by atoms with Gasteiger partial charge in [0.15, 0.2) is 0 Å². The predicted molar refractivity (Wildman–Crippen MR) is 81.0 cm³/mol. The summed E-state index contributed by atoms with van der Waals surface area (Å²) in [6.45, 7) is 2.15. The van der Waals surface area contributed by atoms with E-state index in [0.29, 0.717) is 19.1 Å². The van der Waals surface area contributed by atoms with Crippen molar-refractivity contribution < 1.29 is 4.74 Å². The zero-order valence-corrected chi connectivity index (χ0v) is 11.4. The number of rotatable bonds is 5. The Morgan fingerprint density at radius 3 is 2.00 bits per heavy atom. The van der Waals surface area contributed by atoms with Crippen molar-refractivity contribution >= 4 is 33.4 Å². The third kappa shape index (κ3) is 2.34. The van der Waals surface area contributed by atoms with Crippen LogP contribution in [0.3, 0.4) is 0 Å². The molecule has 98 valence electrons. The minimum absolute atomic E-state index is 0.549. The summed E-state index contributed by atoms with van der Waals surface area (Å²) < 4.78 is 7.82. The Balaban J connectivity index is 2.04. The normalized spacial score (nSPS) is 11.4. The van der Waals surface area contributed by atoms with Gasteiger partial charge in [-0.3, -0.25) is 0 Å². The molecule has 0 amide bonds. The van der Waals surface area contributed by atoms with Gasteiger partial charge in [-0.05, 0) is 12.1 Å². The van der Waals surface area contributed by atoms with Gasteiger partial charge in [-0.25, -0.2) is 0 Å². The molecule has 0 atom stereocenters. The minimum Gasteiger partial charge on any atom is -0.378 e. The average Bonchev–Trinajstić information content (AvgIpc) is 2.78. The topological polar surface area (TPSA) is 14.2 Å². The predicted octanol–water partition coefficient (Wildman–Crippen LogP) is 4.05. The summed E-state index contributed by atoms with van der Waals surface area (Å²) in [4.78, 5) is 0. The molecule has 2 nitrogen and oxygen atoms in total. The molecule has 1 aromatic heterocycles. The first-order chi connectivity index (χ1) is 9.42. The molecule has 2 aromatic carbocycles. The fraction of sp³-hybridized carbons (Fsp3) is 0.250. The van der Waals surface area contributed by atoms with Crippen molar-refractivity contribution in [3.63, 3.8) is 0 Å². The number of alkyl halides is 1. The number of halogens is 1. The summed E-state index contributed by atoms with van der Waals surface area (Å²) >= 11 is 5.62. The Morgan fingerprint density at radius 2 is 1.42 bits per heavy atom. The van der Waals surface area contributed by atoms with Gasteiger partial charge < -0.3 is 9.30 Å². The molecule has 0 unspecified atom stereocenters. The molecule has 3 aromatic rings. The standard InChI is InChI=1S/C16H16ClNO/c17-9-11-19-12-10-18-15-7-3-1-5-13(15)14-6-2-4-8-16(14)18/h1-8H,9-12H2. The van der Waals surface area contributed by atoms with Crippen LogP contribution in [-0.4, -0.2) is 23.7 Å². The largest absolute Gasteiger partial charge is 0.378 e. The third-order valence-corrected chi connectivity index (χ3v) is 3.51. The van der Waals surface area contributed by atoms with Crippen molar-refractivity contribution in [3.05, 3.63) is 48.5 Å². The summed E-state index contributed by atoms with van der Waals surface area (Å²) in [6.07, 6.45) is 0. The molecule has 0 aliphatic rings. The van der Waals surface area contributed by atoms with Gasteiger partial charge in [0.1, 0.15) is 0 Å². The van der Waals surface area contributed by atoms with E-state index in [-0.39, 0.29) is 0 Å². The maximum atomic E-state index is 5.62. The number of fused-ring (bicyclic) bond motifs is 3. The van der Waals surface area contributed by atoms with Gasteiger partial charge in [0.05, 0.1) is 13.2 Å². The van der Waals surface area contributed by atoms with Crippen molar-refractivity contribution in [2.75, 3.05) is 19.1 Å². The second-order valence-corrected chi connectivity index (χ2v) is 4.87. The van der Waals surface area contributed by atoms with Crippen molar-refractivity contribution in [1.82, 2.24) is 4.57 Å². The quantitative estimate of drug-likeness (QED) is 0.505. The molecule has 3 rings (SSSR count). The summed E-state index contributed by atoms with van der Waals surface area (Å²) in [5, 5.41) is 2.60. The van der Waals surface area contributed by atoms with Crippen LogP contribution in [0.1, 0.15) is 0 Å². The highest BCUT2D eigenvalue weighted by Crippen LogP contribution is 2.28. The van der Waals surface area contributed by atoms with E-state index >= 15 is 0 Å². The maximum absolute atomic E-state index is 5.62. The molecule has 0 aliphatic carbocycles. The number of ether oxygens (including phenoxy) is 1. The van der Waals surface area contributed by atoms with Crippen LogP contribution in [-0.2, 0) is 11.3 Å². The Bertz CT molecular complexity index is 636. The number of para-hydroxylation sites is 2. The maximum Gasteiger partial charge on any atom is 0.0646 e. The van der Waals surface area contributed by atoms with E-state index in [1.807, 2.05) is 0 Å². The molecule has 0 radical (unpaired) electrons. The summed E-state index contributed by atoms with van der Waals surface area (Å²) in [5.74, 6) is 0.549. The van der Waals surface area contributed by atoms with Crippen LogP contribution in [0.4, 0.5) is 0 Å². The van der Waals surface area contributed by atoms with Crippen LogP contribution >= 0.6 is 11.6 Å². The molecule has 1 heterocycles. The van der Waals surface area contributed by atoms with Gasteiger partial charge in [0.2, 0.25) is 0 Å². The monoisotopic (exact) mass is 273 g/mol. The van der Waals surface area contributed by atoms with E-state index in [0.717, 1.165) is 6.54 Å². The first-order valence-electron chi connectivity index (χ1n) is 6.51. The first kappa shape index (κ1) is 12.5. The molecule has 3 heteroatoms. The lowest BCUT2D eigenvalue weighted by atomic mass is 10.2. The van der Waals surface area contributed by atoms with E-state index in [9.17, 15) is 0 Å². The minimum atomic E-state index is 0.549. The molecule has 0 N–H and O–H groups in total. The van der Waals surface area contributed by atoms with Crippen molar-refractivity contribution in [2.45, 2.75) is 6.54 Å². The third-order valence-electron chi connectivity index (χ3n) is 3.36. The molecular formula is C16H16ClNO. The Kier molecular flexibility index (Phi) is 3.72. The lowest BCUT2D eigenvalue weighted by Gasteiger charge is -2.07. The number of benzene rings is 2. The molecular weight excluding hydrogens is 258 g/mol. The summed E-state index contributed by atoms with van der Waals surface area (Å²) in [6, 6.07) is 17.0. The van der Waals surface area contributed by atoms with Gasteiger partial charge in [0, 0.05) is 34.2 Å². The fourth-order valence-corrected chi connectivity index (χ4v) is 2.67. The second kappa shape index (κ2) is 5.64. The molecule has 0 bridgehead atoms. The molecule has 0 spiro atoms. The second-order valence-electron chi connectivity index (χ2n) is 4.49. The van der Waals surface area contributed by atoms with Crippen LogP contribution in [0.5, 0.6) is 0 Å². The Morgan fingerprint density at radius 1 is 0.842 bits per heavy atom. The van der Waals surface area contributed by atoms with Crippen LogP contribution in [0.25, 0.3) is 21.8 Å². The van der Waals surface area contributed by atoms with E-state index in [4.69, 9.17) is 16.3 Å². The van der Waals surface area contributed by atoms with Gasteiger partial charge in [-0.15, -0.1) is 11.6 Å². The smallest absolute Gasteiger partial charge is 0.0646 e. The highest BCUT2D eigenvalue weighted by molar-refractivity contribution is 6.17. The van der Waals surface area contributed by atoms with E-state index in [2.05, 4.69) is 53.1 Å². The molecule has 19 heavy (non-hydrogen) atoms. The van der Waals surface area contributed by atoms with E-state index in [1.54, 1.807) is 0 Å². The average molecular weight is 274 g/mol. The molecule has 0 saturated heterocycles. The van der Waals surface area contributed by atoms with Crippen LogP contribution in [0.15, 0.2) is 48.5 Å². The summed E-state index contributed by atoms with van der Waals surface area (Å²) in [5.41, 5.74) is 2.52. The number of hydrogen-bond donors (Lipinski definition) is 0. The van der Waals surface area contributed by atoms with Crippen molar-refractivity contribution in [1.29, 1.82) is 0 Å². The lowest BCUT2D eigenvalue weighted by Crippen LogP contribution is -2.07. The molecule has 0 fully saturated rings. The van der Waals surface area contributed by atoms with Gasteiger partial charge in [-0.1, -0.05) is 36.4 Å². The summed E-state index contributed by atoms with van der Waals surface area (Å²) in [7, 11) is 0. The van der Waals surface area contributed by atoms with Gasteiger partial charge >= 0.3 is 0 Å². The van der Waals surface area contributed by atoms with E-state index in [1.165, 1.54) is 21.8 Å². The zero-order chi connectivity index (χ0) is 13.1. The zero-order valence-electron chi connectivity index (χ0n) is 10.7. The lowest BCUT2D eigenvalue weighted by molar-refractivity contribution is 0.142. The van der Waals surface area contributed by atoms with Crippen molar-refractivity contribution in [2.24, 2.45) is 0 Å². The highest BCUT2D eigenvalue weighted by atomic mass is 35.5. The van der Waals surface area contributed by atoms with Gasteiger partial charge in [0.25, 0.3) is 0 Å². The SMILES string of the molecule is ClCCOCCn1c2ccccc2c2ccccc21. The first-order valence-corrected chi connectivity index (χ1v) is 7.05. The number of nitrogens with zero attached hydrogens (tertiary/aromatic N) is 1. The van der Waals surface area contributed by atoms with Crippen molar-refractivity contribution in [3.8, 4) is 0 Å². The number of hydrogen-bond acceptors (Lipinski definition) is 1. The number of aromatic nitrogens is 1. The Labute approximate surface area is 117 Å². The Hall–Kier alpha value is -1.51. The van der Waals surface area contributed by atoms with Crippen LogP contribution in [0, 0.1) is 0 Å². The van der Waals surface area contributed by atoms with E-state index < -0.39 is 0 Å². The molecule has 0 aliphatic heterocycles. The fourth-order valence-electron chi connectivity index (χ4n) is 2.56.